The highest BCUT2D eigenvalue weighted by molar-refractivity contribution is 6.30. The second-order valence-corrected chi connectivity index (χ2v) is 6.60. The predicted octanol–water partition coefficient (Wildman–Crippen LogP) is 2.96. The first-order chi connectivity index (χ1) is 10.5. The van der Waals surface area contributed by atoms with Gasteiger partial charge < -0.3 is 10.6 Å². The molecular weight excluding hydrogens is 335 g/mol. The molecular formula is C16H20Cl2N4O. The Labute approximate surface area is 146 Å². The van der Waals surface area contributed by atoms with Crippen LogP contribution in [0.4, 0.5) is 0 Å². The van der Waals surface area contributed by atoms with Crippen LogP contribution >= 0.6 is 24.0 Å². The van der Waals surface area contributed by atoms with Gasteiger partial charge >= 0.3 is 0 Å². The Hall–Kier alpha value is -1.56. The lowest BCUT2D eigenvalue weighted by Gasteiger charge is -2.22. The van der Waals surface area contributed by atoms with Crippen LogP contribution in [0.25, 0.3) is 11.3 Å². The second-order valence-electron chi connectivity index (χ2n) is 6.16. The zero-order chi connectivity index (χ0) is 15.7. The zero-order valence-electron chi connectivity index (χ0n) is 12.9. The standard InChI is InChI=1S/C16H19ClN4O.ClH/c1-16(9-18)5-6-21(10-16)15(22)13-8-19-20-14(13)11-3-2-4-12(17)7-11;/h2-4,7-8H,5-6,9-10,18H2,1H3,(H,19,20);1H. The van der Waals surface area contributed by atoms with Gasteiger partial charge in [-0.15, -0.1) is 12.4 Å². The number of halogens is 2. The smallest absolute Gasteiger partial charge is 0.257 e. The largest absolute Gasteiger partial charge is 0.338 e. The number of nitrogens with two attached hydrogens (primary N) is 1. The first-order valence-electron chi connectivity index (χ1n) is 7.31. The summed E-state index contributed by atoms with van der Waals surface area (Å²) < 4.78 is 0. The van der Waals surface area contributed by atoms with Crippen molar-refractivity contribution in [2.24, 2.45) is 11.1 Å². The summed E-state index contributed by atoms with van der Waals surface area (Å²) in [6.45, 7) is 4.12. The number of carbonyl (C=O) groups excluding carboxylic acids is 1. The molecule has 3 N–H and O–H groups in total. The number of hydrogen-bond acceptors (Lipinski definition) is 3. The highest BCUT2D eigenvalue weighted by Gasteiger charge is 2.36. The second kappa shape index (κ2) is 6.91. The summed E-state index contributed by atoms with van der Waals surface area (Å²) in [6, 6.07) is 7.38. The predicted molar refractivity (Wildman–Crippen MR) is 94.0 cm³/mol. The molecule has 1 fully saturated rings. The molecule has 1 amide bonds. The van der Waals surface area contributed by atoms with E-state index in [1.165, 1.54) is 0 Å². The van der Waals surface area contributed by atoms with Crippen molar-refractivity contribution in [1.29, 1.82) is 0 Å². The maximum absolute atomic E-state index is 12.8. The van der Waals surface area contributed by atoms with Crippen LogP contribution in [0.2, 0.25) is 5.02 Å². The SMILES string of the molecule is CC1(CN)CCN(C(=O)c2cn[nH]c2-c2cccc(Cl)c2)C1.Cl. The van der Waals surface area contributed by atoms with Crippen LogP contribution in [-0.2, 0) is 0 Å². The molecule has 1 aromatic heterocycles. The van der Waals surface area contributed by atoms with Gasteiger partial charge in [0.15, 0.2) is 0 Å². The van der Waals surface area contributed by atoms with Gasteiger partial charge in [-0.2, -0.15) is 5.10 Å². The quantitative estimate of drug-likeness (QED) is 0.889. The molecule has 0 saturated carbocycles. The van der Waals surface area contributed by atoms with Gasteiger partial charge in [0.05, 0.1) is 17.5 Å². The molecule has 2 heterocycles. The number of rotatable bonds is 3. The monoisotopic (exact) mass is 354 g/mol. The number of likely N-dealkylation sites (tertiary alicyclic amines) is 1. The summed E-state index contributed by atoms with van der Waals surface area (Å²) in [5, 5.41) is 7.57. The number of aromatic amines is 1. The third-order valence-electron chi connectivity index (χ3n) is 4.32. The third-order valence-corrected chi connectivity index (χ3v) is 4.56. The number of carbonyl (C=O) groups is 1. The fraction of sp³-hybridized carbons (Fsp3) is 0.375. The fourth-order valence-corrected chi connectivity index (χ4v) is 3.04. The summed E-state index contributed by atoms with van der Waals surface area (Å²) >= 11 is 6.03. The van der Waals surface area contributed by atoms with Crippen LogP contribution in [0.5, 0.6) is 0 Å². The van der Waals surface area contributed by atoms with Gasteiger partial charge in [-0.25, -0.2) is 0 Å². The van der Waals surface area contributed by atoms with Crippen molar-refractivity contribution in [3.63, 3.8) is 0 Å². The van der Waals surface area contributed by atoms with Crippen LogP contribution in [0.1, 0.15) is 23.7 Å². The molecule has 1 saturated heterocycles. The fourth-order valence-electron chi connectivity index (χ4n) is 2.85. The number of amides is 1. The lowest BCUT2D eigenvalue weighted by atomic mass is 9.90. The summed E-state index contributed by atoms with van der Waals surface area (Å²) in [5.41, 5.74) is 7.96. The molecule has 124 valence electrons. The van der Waals surface area contributed by atoms with Crippen molar-refractivity contribution < 1.29 is 4.79 Å². The van der Waals surface area contributed by atoms with E-state index < -0.39 is 0 Å². The van der Waals surface area contributed by atoms with Gasteiger partial charge in [0.25, 0.3) is 5.91 Å². The van der Waals surface area contributed by atoms with Crippen LogP contribution < -0.4 is 5.73 Å². The molecule has 23 heavy (non-hydrogen) atoms. The summed E-state index contributed by atoms with van der Waals surface area (Å²) in [6.07, 6.45) is 2.51. The molecule has 3 rings (SSSR count). The minimum absolute atomic E-state index is 0. The van der Waals surface area contributed by atoms with Crippen LogP contribution in [0.15, 0.2) is 30.5 Å². The first-order valence-corrected chi connectivity index (χ1v) is 7.69. The topological polar surface area (TPSA) is 75.0 Å². The Morgan fingerprint density at radius 1 is 1.52 bits per heavy atom. The Kier molecular flexibility index (Phi) is 5.34. The van der Waals surface area contributed by atoms with E-state index in [9.17, 15) is 4.79 Å². The van der Waals surface area contributed by atoms with E-state index in [-0.39, 0.29) is 23.7 Å². The van der Waals surface area contributed by atoms with E-state index in [0.29, 0.717) is 29.4 Å². The van der Waals surface area contributed by atoms with Crippen LogP contribution in [-0.4, -0.2) is 40.6 Å². The highest BCUT2D eigenvalue weighted by Crippen LogP contribution is 2.31. The molecule has 1 aliphatic rings. The number of aromatic nitrogens is 2. The Morgan fingerprint density at radius 3 is 2.96 bits per heavy atom. The third kappa shape index (κ3) is 3.52. The molecule has 7 heteroatoms. The molecule has 1 unspecified atom stereocenters. The Balaban J connectivity index is 0.00000192. The minimum Gasteiger partial charge on any atom is -0.338 e. The van der Waals surface area contributed by atoms with Gasteiger partial charge in [0.1, 0.15) is 0 Å². The minimum atomic E-state index is -0.0131. The summed E-state index contributed by atoms with van der Waals surface area (Å²) in [4.78, 5) is 14.6. The first kappa shape index (κ1) is 17.8. The van der Waals surface area contributed by atoms with Gasteiger partial charge in [0.2, 0.25) is 0 Å². The van der Waals surface area contributed by atoms with E-state index in [1.807, 2.05) is 23.1 Å². The lowest BCUT2D eigenvalue weighted by molar-refractivity contribution is 0.0777. The van der Waals surface area contributed by atoms with Gasteiger partial charge in [0, 0.05) is 23.7 Å². The molecule has 1 aromatic carbocycles. The van der Waals surface area contributed by atoms with Gasteiger partial charge in [-0.05, 0) is 30.5 Å². The van der Waals surface area contributed by atoms with Crippen molar-refractivity contribution in [2.75, 3.05) is 19.6 Å². The normalized spacial score (nSPS) is 20.4. The van der Waals surface area contributed by atoms with Crippen molar-refractivity contribution in [3.8, 4) is 11.3 Å². The van der Waals surface area contributed by atoms with E-state index in [2.05, 4.69) is 17.1 Å². The molecule has 0 radical (unpaired) electrons. The van der Waals surface area contributed by atoms with E-state index in [4.69, 9.17) is 17.3 Å². The van der Waals surface area contributed by atoms with Crippen molar-refractivity contribution in [3.05, 3.63) is 41.0 Å². The average Bonchev–Trinajstić information content (AvgIpc) is 3.14. The van der Waals surface area contributed by atoms with Gasteiger partial charge in [-0.3, -0.25) is 9.89 Å². The number of benzene rings is 1. The molecule has 0 bridgehead atoms. The number of nitrogens with zero attached hydrogens (tertiary/aromatic N) is 2. The molecule has 0 spiro atoms. The highest BCUT2D eigenvalue weighted by atomic mass is 35.5. The molecule has 5 nitrogen and oxygen atoms in total. The molecule has 2 aromatic rings. The average molecular weight is 355 g/mol. The number of H-pyrrole nitrogens is 1. The van der Waals surface area contributed by atoms with Crippen molar-refractivity contribution in [2.45, 2.75) is 13.3 Å². The zero-order valence-corrected chi connectivity index (χ0v) is 14.5. The van der Waals surface area contributed by atoms with Crippen LogP contribution in [0, 0.1) is 5.41 Å². The Morgan fingerprint density at radius 2 is 2.30 bits per heavy atom. The maximum Gasteiger partial charge on any atom is 0.257 e. The molecule has 1 atom stereocenters. The van der Waals surface area contributed by atoms with E-state index >= 15 is 0 Å². The maximum atomic E-state index is 12.8. The van der Waals surface area contributed by atoms with Gasteiger partial charge in [-0.1, -0.05) is 30.7 Å². The van der Waals surface area contributed by atoms with Crippen molar-refractivity contribution in [1.82, 2.24) is 15.1 Å². The molecule has 1 aliphatic heterocycles. The van der Waals surface area contributed by atoms with Crippen LogP contribution in [0.3, 0.4) is 0 Å². The lowest BCUT2D eigenvalue weighted by Crippen LogP contribution is -2.34. The van der Waals surface area contributed by atoms with E-state index in [0.717, 1.165) is 18.5 Å². The van der Waals surface area contributed by atoms with E-state index in [1.54, 1.807) is 12.3 Å². The summed E-state index contributed by atoms with van der Waals surface area (Å²) in [7, 11) is 0. The number of nitrogens with one attached hydrogen (secondary N) is 1. The summed E-state index contributed by atoms with van der Waals surface area (Å²) in [5.74, 6) is -0.0131. The van der Waals surface area contributed by atoms with Crippen molar-refractivity contribution >= 4 is 29.9 Å². The Bertz CT molecular complexity index is 703. The number of hydrogen-bond donors (Lipinski definition) is 2. The molecule has 0 aliphatic carbocycles.